The molecule has 0 amide bonds. The number of benzene rings is 1. The van der Waals surface area contributed by atoms with Crippen LogP contribution in [0.25, 0.3) is 0 Å². The van der Waals surface area contributed by atoms with Crippen molar-refractivity contribution in [2.45, 2.75) is 39.0 Å². The van der Waals surface area contributed by atoms with Gasteiger partial charge in [0.05, 0.1) is 13.7 Å². The number of hydrogen-bond acceptors (Lipinski definition) is 5. The summed E-state index contributed by atoms with van der Waals surface area (Å²) in [6.07, 6.45) is 4.40. The maximum absolute atomic E-state index is 9.81. The number of phenolic OH excluding ortho intramolecular Hbond substituents is 1. The largest absolute Gasteiger partial charge is 0.507 e. The Kier molecular flexibility index (Phi) is 5.54. The molecule has 0 bridgehead atoms. The first kappa shape index (κ1) is 15.3. The molecule has 1 N–H and O–H groups in total. The molecule has 1 aromatic heterocycles. The van der Waals surface area contributed by atoms with E-state index < -0.39 is 0 Å². The number of nitrogens with zero attached hydrogens (tertiary/aromatic N) is 4. The van der Waals surface area contributed by atoms with Gasteiger partial charge in [-0.2, -0.15) is 4.80 Å². The minimum Gasteiger partial charge on any atom is -0.507 e. The van der Waals surface area contributed by atoms with Gasteiger partial charge in [-0.1, -0.05) is 13.3 Å². The Labute approximate surface area is 124 Å². The third-order valence-electron chi connectivity index (χ3n) is 3.14. The van der Waals surface area contributed by atoms with E-state index in [0.29, 0.717) is 6.61 Å². The van der Waals surface area contributed by atoms with Crippen LogP contribution in [0.3, 0.4) is 0 Å². The number of hydrogen-bond donors (Lipinski definition) is 1. The first-order valence-electron chi connectivity index (χ1n) is 7.29. The molecule has 1 radical (unpaired) electrons. The molecule has 2 rings (SSSR count). The fraction of sp³-hybridized carbons (Fsp3) is 0.533. The predicted molar refractivity (Wildman–Crippen MR) is 78.2 cm³/mol. The summed E-state index contributed by atoms with van der Waals surface area (Å²) in [4.78, 5) is 1.46. The van der Waals surface area contributed by atoms with Gasteiger partial charge in [0.2, 0.25) is 0 Å². The molecule has 0 spiro atoms. The number of aryl methyl sites for hydroxylation is 2. The van der Waals surface area contributed by atoms with Gasteiger partial charge < -0.3 is 9.84 Å². The molecule has 0 aliphatic carbocycles. The van der Waals surface area contributed by atoms with Crippen molar-refractivity contribution in [2.75, 3.05) is 6.61 Å². The maximum atomic E-state index is 9.81. The molecule has 1 heterocycles. The number of aromatic hydroxyl groups is 1. The second-order valence-corrected chi connectivity index (χ2v) is 4.92. The van der Waals surface area contributed by atoms with Crippen molar-refractivity contribution in [3.8, 4) is 11.5 Å². The van der Waals surface area contributed by atoms with Gasteiger partial charge in [-0.3, -0.25) is 0 Å². The molecule has 0 saturated carbocycles. The molecule has 0 atom stereocenters. The van der Waals surface area contributed by atoms with Crippen molar-refractivity contribution in [1.82, 2.24) is 20.2 Å². The van der Waals surface area contributed by atoms with E-state index in [4.69, 9.17) is 4.74 Å². The number of phenols is 1. The average molecular weight is 289 g/mol. The zero-order valence-electron chi connectivity index (χ0n) is 12.5. The van der Waals surface area contributed by atoms with Crippen LogP contribution in [0.4, 0.5) is 0 Å². The van der Waals surface area contributed by atoms with Crippen LogP contribution in [-0.2, 0) is 19.9 Å². The second kappa shape index (κ2) is 7.61. The van der Waals surface area contributed by atoms with Crippen LogP contribution in [0.1, 0.15) is 37.6 Å². The lowest BCUT2D eigenvalue weighted by Crippen LogP contribution is -2.02. The molecule has 0 unspecified atom stereocenters. The van der Waals surface area contributed by atoms with Crippen LogP contribution in [0.15, 0.2) is 12.1 Å². The Morgan fingerprint density at radius 3 is 2.90 bits per heavy atom. The van der Waals surface area contributed by atoms with E-state index in [1.807, 2.05) is 6.07 Å². The number of rotatable bonds is 8. The minimum absolute atomic E-state index is 0.193. The van der Waals surface area contributed by atoms with Crippen molar-refractivity contribution in [2.24, 2.45) is 7.05 Å². The Morgan fingerprint density at radius 2 is 2.19 bits per heavy atom. The van der Waals surface area contributed by atoms with E-state index >= 15 is 0 Å². The number of unbranched alkanes of at least 4 members (excludes halogenated alkanes) is 1. The first-order valence-corrected chi connectivity index (χ1v) is 7.29. The van der Waals surface area contributed by atoms with E-state index in [1.54, 1.807) is 13.1 Å². The summed E-state index contributed by atoms with van der Waals surface area (Å²) in [6.45, 7) is 2.69. The van der Waals surface area contributed by atoms with Crippen molar-refractivity contribution in [1.29, 1.82) is 0 Å². The molecule has 6 nitrogen and oxygen atoms in total. The summed E-state index contributed by atoms with van der Waals surface area (Å²) in [5.41, 5.74) is 0.843. The summed E-state index contributed by atoms with van der Waals surface area (Å²) in [6, 6.07) is 6.34. The molecular weight excluding hydrogens is 268 g/mol. The Hall–Kier alpha value is -2.11. The average Bonchev–Trinajstić information content (AvgIpc) is 2.87. The maximum Gasteiger partial charge on any atom is 0.174 e. The van der Waals surface area contributed by atoms with Crippen molar-refractivity contribution in [3.05, 3.63) is 29.6 Å². The lowest BCUT2D eigenvalue weighted by atomic mass is 10.1. The third kappa shape index (κ3) is 4.44. The monoisotopic (exact) mass is 289 g/mol. The van der Waals surface area contributed by atoms with Gasteiger partial charge in [0.15, 0.2) is 5.82 Å². The molecule has 0 fully saturated rings. The fourth-order valence-corrected chi connectivity index (χ4v) is 2.12. The Balaban J connectivity index is 1.77. The second-order valence-electron chi connectivity index (χ2n) is 4.92. The fourth-order valence-electron chi connectivity index (χ4n) is 2.12. The third-order valence-corrected chi connectivity index (χ3v) is 3.14. The Morgan fingerprint density at radius 1 is 1.33 bits per heavy atom. The molecule has 0 saturated heterocycles. The first-order chi connectivity index (χ1) is 10.2. The molecule has 113 valence electrons. The van der Waals surface area contributed by atoms with Gasteiger partial charge >= 0.3 is 0 Å². The summed E-state index contributed by atoms with van der Waals surface area (Å²) >= 11 is 0. The Bertz CT molecular complexity index is 569. The van der Waals surface area contributed by atoms with Gasteiger partial charge in [0, 0.05) is 18.1 Å². The van der Waals surface area contributed by atoms with Crippen LogP contribution in [0, 0.1) is 6.07 Å². The smallest absolute Gasteiger partial charge is 0.174 e. The molecular formula is C15H21N4O2. The van der Waals surface area contributed by atoms with E-state index in [2.05, 4.69) is 28.4 Å². The van der Waals surface area contributed by atoms with Gasteiger partial charge in [-0.25, -0.2) is 0 Å². The molecule has 0 aliphatic heterocycles. The van der Waals surface area contributed by atoms with Gasteiger partial charge in [0.25, 0.3) is 0 Å². The van der Waals surface area contributed by atoms with E-state index in [-0.39, 0.29) is 5.75 Å². The summed E-state index contributed by atoms with van der Waals surface area (Å²) < 4.78 is 5.77. The zero-order valence-corrected chi connectivity index (χ0v) is 12.5. The van der Waals surface area contributed by atoms with Gasteiger partial charge in [0.1, 0.15) is 11.5 Å². The summed E-state index contributed by atoms with van der Waals surface area (Å²) in [7, 11) is 1.76. The van der Waals surface area contributed by atoms with Crippen molar-refractivity contribution >= 4 is 0 Å². The van der Waals surface area contributed by atoms with E-state index in [1.165, 1.54) is 4.80 Å². The molecule has 6 heteroatoms. The lowest BCUT2D eigenvalue weighted by molar-refractivity contribution is 0.301. The molecule has 21 heavy (non-hydrogen) atoms. The molecule has 2 aromatic rings. The predicted octanol–water partition coefficient (Wildman–Crippen LogP) is 2.07. The van der Waals surface area contributed by atoms with Crippen molar-refractivity contribution in [3.63, 3.8) is 0 Å². The van der Waals surface area contributed by atoms with E-state index in [0.717, 1.165) is 49.2 Å². The van der Waals surface area contributed by atoms with Gasteiger partial charge in [-0.15, -0.1) is 10.2 Å². The number of aromatic nitrogens is 4. The molecule has 0 aliphatic rings. The SMILES string of the molecule is CCCc1c(O)[c]ccc1OCCCCc1nnn(C)n1. The van der Waals surface area contributed by atoms with E-state index in [9.17, 15) is 5.11 Å². The highest BCUT2D eigenvalue weighted by atomic mass is 16.5. The summed E-state index contributed by atoms with van der Waals surface area (Å²) in [5, 5.41) is 21.7. The van der Waals surface area contributed by atoms with Crippen LogP contribution >= 0.6 is 0 Å². The zero-order chi connectivity index (χ0) is 15.1. The standard InChI is InChI=1S/C15H21N4O2/c1-3-7-12-13(20)8-6-9-14(12)21-11-5-4-10-15-16-18-19(2)17-15/h6,9,20H,3-5,7,10-11H2,1-2H3. The normalized spacial score (nSPS) is 10.8. The minimum atomic E-state index is 0.193. The highest BCUT2D eigenvalue weighted by Gasteiger charge is 2.08. The van der Waals surface area contributed by atoms with Crippen molar-refractivity contribution < 1.29 is 9.84 Å². The highest BCUT2D eigenvalue weighted by molar-refractivity contribution is 5.43. The van der Waals surface area contributed by atoms with Crippen LogP contribution in [0.2, 0.25) is 0 Å². The molecule has 1 aromatic carbocycles. The number of tetrazole rings is 1. The quantitative estimate of drug-likeness (QED) is 0.753. The van der Waals surface area contributed by atoms with Crippen LogP contribution < -0.4 is 4.74 Å². The number of ether oxygens (including phenoxy) is 1. The summed E-state index contributed by atoms with van der Waals surface area (Å²) in [5.74, 6) is 1.71. The highest BCUT2D eigenvalue weighted by Crippen LogP contribution is 2.28. The van der Waals surface area contributed by atoms with Crippen LogP contribution in [0.5, 0.6) is 11.5 Å². The topological polar surface area (TPSA) is 73.1 Å². The van der Waals surface area contributed by atoms with Gasteiger partial charge in [-0.05, 0) is 36.6 Å². The van der Waals surface area contributed by atoms with Crippen LogP contribution in [-0.4, -0.2) is 31.9 Å². The lowest BCUT2D eigenvalue weighted by Gasteiger charge is -2.12.